The van der Waals surface area contributed by atoms with Crippen LogP contribution in [-0.2, 0) is 14.3 Å². The highest BCUT2D eigenvalue weighted by Crippen LogP contribution is 2.51. The maximum Gasteiger partial charge on any atom is 0.349 e. The van der Waals surface area contributed by atoms with Crippen molar-refractivity contribution in [2.24, 2.45) is 0 Å². The number of ether oxygens (including phenoxy) is 2. The number of esters is 1. The molecule has 6 nitrogen and oxygen atoms in total. The van der Waals surface area contributed by atoms with Gasteiger partial charge < -0.3 is 9.47 Å². The van der Waals surface area contributed by atoms with Gasteiger partial charge in [-0.15, -0.1) is 0 Å². The van der Waals surface area contributed by atoms with Gasteiger partial charge in [0, 0.05) is 11.1 Å². The third-order valence-electron chi connectivity index (χ3n) is 4.72. The van der Waals surface area contributed by atoms with Crippen LogP contribution in [-0.4, -0.2) is 30.6 Å². The van der Waals surface area contributed by atoms with E-state index in [0.717, 1.165) is 11.1 Å². The molecule has 1 amide bonds. The molecule has 140 valence electrons. The standard InChI is InChI=1S/C21H22N2O4/c1-6-26-13-8-14-12(3)10-21(4,5)23-18(14)15(9-13)17(19(23)24)16(11-22)20(25)27-7-2/h8-10H,6-7H2,1-5H3/b17-16+. The number of nitriles is 1. The van der Waals surface area contributed by atoms with Crippen LogP contribution in [0.3, 0.4) is 0 Å². The van der Waals surface area contributed by atoms with Crippen LogP contribution >= 0.6 is 0 Å². The van der Waals surface area contributed by atoms with Crippen molar-refractivity contribution in [1.82, 2.24) is 0 Å². The zero-order chi connectivity index (χ0) is 19.9. The van der Waals surface area contributed by atoms with E-state index >= 15 is 0 Å². The Hall–Kier alpha value is -3.07. The third kappa shape index (κ3) is 2.80. The van der Waals surface area contributed by atoms with E-state index in [1.807, 2.05) is 45.9 Å². The van der Waals surface area contributed by atoms with Crippen molar-refractivity contribution in [1.29, 1.82) is 5.26 Å². The Kier molecular flexibility index (Phi) is 4.56. The normalized spacial score (nSPS) is 18.4. The molecule has 0 saturated heterocycles. The van der Waals surface area contributed by atoms with E-state index in [2.05, 4.69) is 0 Å². The summed E-state index contributed by atoms with van der Waals surface area (Å²) in [4.78, 5) is 27.3. The quantitative estimate of drug-likeness (QED) is 0.463. The van der Waals surface area contributed by atoms with E-state index in [1.165, 1.54) is 0 Å². The van der Waals surface area contributed by atoms with Crippen LogP contribution < -0.4 is 9.64 Å². The molecule has 2 heterocycles. The van der Waals surface area contributed by atoms with Crippen LogP contribution in [0.1, 0.15) is 45.7 Å². The third-order valence-corrected chi connectivity index (χ3v) is 4.72. The van der Waals surface area contributed by atoms with Gasteiger partial charge in [0.1, 0.15) is 11.8 Å². The van der Waals surface area contributed by atoms with Crippen molar-refractivity contribution >= 4 is 28.7 Å². The summed E-state index contributed by atoms with van der Waals surface area (Å²) in [7, 11) is 0. The Bertz CT molecular complexity index is 948. The van der Waals surface area contributed by atoms with E-state index < -0.39 is 11.5 Å². The van der Waals surface area contributed by atoms with Crippen LogP contribution in [0.2, 0.25) is 0 Å². The second-order valence-corrected chi connectivity index (χ2v) is 7.00. The predicted octanol–water partition coefficient (Wildman–Crippen LogP) is 3.47. The summed E-state index contributed by atoms with van der Waals surface area (Å²) in [6.45, 7) is 9.95. The molecule has 2 aliphatic heterocycles. The van der Waals surface area contributed by atoms with Gasteiger partial charge in [-0.25, -0.2) is 4.79 Å². The monoisotopic (exact) mass is 366 g/mol. The lowest BCUT2D eigenvalue weighted by molar-refractivity contribution is -0.138. The molecule has 3 rings (SSSR count). The average molecular weight is 366 g/mol. The first-order chi connectivity index (χ1) is 12.8. The number of carbonyl (C=O) groups excluding carboxylic acids is 2. The zero-order valence-corrected chi connectivity index (χ0v) is 16.2. The molecule has 1 aromatic carbocycles. The topological polar surface area (TPSA) is 79.6 Å². The number of nitrogens with zero attached hydrogens (tertiary/aromatic N) is 2. The van der Waals surface area contributed by atoms with Gasteiger partial charge in [-0.2, -0.15) is 5.26 Å². The van der Waals surface area contributed by atoms with Gasteiger partial charge in [0.05, 0.1) is 30.0 Å². The highest BCUT2D eigenvalue weighted by Gasteiger charge is 2.46. The number of rotatable bonds is 4. The minimum absolute atomic E-state index is 0.0740. The predicted molar refractivity (Wildman–Crippen MR) is 102 cm³/mol. The van der Waals surface area contributed by atoms with Crippen molar-refractivity contribution in [3.63, 3.8) is 0 Å². The molecule has 0 unspecified atom stereocenters. The Morgan fingerprint density at radius 3 is 2.48 bits per heavy atom. The van der Waals surface area contributed by atoms with Crippen LogP contribution in [0.25, 0.3) is 11.1 Å². The van der Waals surface area contributed by atoms with Crippen LogP contribution in [0.4, 0.5) is 5.69 Å². The maximum atomic E-state index is 13.3. The largest absolute Gasteiger partial charge is 0.494 e. The van der Waals surface area contributed by atoms with Crippen molar-refractivity contribution < 1.29 is 19.1 Å². The lowest BCUT2D eigenvalue weighted by atomic mass is 9.88. The highest BCUT2D eigenvalue weighted by molar-refractivity contribution is 6.38. The Labute approximate surface area is 158 Å². The number of hydrogen-bond donors (Lipinski definition) is 0. The fraction of sp³-hybridized carbons (Fsp3) is 0.381. The number of anilines is 1. The summed E-state index contributed by atoms with van der Waals surface area (Å²) in [5, 5.41) is 9.60. The smallest absolute Gasteiger partial charge is 0.349 e. The van der Waals surface area contributed by atoms with Gasteiger partial charge in [-0.3, -0.25) is 9.69 Å². The molecule has 0 saturated carbocycles. The molecule has 6 heteroatoms. The first-order valence-corrected chi connectivity index (χ1v) is 8.93. The molecule has 0 spiro atoms. The Balaban J connectivity index is 2.37. The molecule has 0 atom stereocenters. The van der Waals surface area contributed by atoms with E-state index in [1.54, 1.807) is 17.9 Å². The molecule has 2 aliphatic rings. The lowest BCUT2D eigenvalue weighted by Gasteiger charge is -2.38. The average Bonchev–Trinajstić information content (AvgIpc) is 2.88. The zero-order valence-electron chi connectivity index (χ0n) is 16.2. The number of allylic oxidation sites excluding steroid dienone is 1. The van der Waals surface area contributed by atoms with Gasteiger partial charge >= 0.3 is 5.97 Å². The molecule has 0 N–H and O–H groups in total. The fourth-order valence-electron chi connectivity index (χ4n) is 3.79. The van der Waals surface area contributed by atoms with E-state index in [-0.39, 0.29) is 23.7 Å². The summed E-state index contributed by atoms with van der Waals surface area (Å²) < 4.78 is 10.7. The van der Waals surface area contributed by atoms with Crippen LogP contribution in [0.15, 0.2) is 23.8 Å². The molecule has 27 heavy (non-hydrogen) atoms. The number of carbonyl (C=O) groups is 2. The summed E-state index contributed by atoms with van der Waals surface area (Å²) >= 11 is 0. The van der Waals surface area contributed by atoms with Gasteiger partial charge in [0.15, 0.2) is 5.57 Å². The fourth-order valence-corrected chi connectivity index (χ4v) is 3.79. The second kappa shape index (κ2) is 6.58. The second-order valence-electron chi connectivity index (χ2n) is 7.00. The number of hydrogen-bond acceptors (Lipinski definition) is 5. The first-order valence-electron chi connectivity index (χ1n) is 8.93. The lowest BCUT2D eigenvalue weighted by Crippen LogP contribution is -2.46. The molecule has 0 bridgehead atoms. The molecule has 0 fully saturated rings. The minimum atomic E-state index is -0.791. The molecule has 0 radical (unpaired) electrons. The van der Waals surface area contributed by atoms with Crippen molar-refractivity contribution in [3.8, 4) is 11.8 Å². The Morgan fingerprint density at radius 1 is 1.22 bits per heavy atom. The van der Waals surface area contributed by atoms with Crippen LogP contribution in [0.5, 0.6) is 5.75 Å². The molecule has 0 aliphatic carbocycles. The molecular formula is C21H22N2O4. The van der Waals surface area contributed by atoms with Gasteiger partial charge in [-0.05, 0) is 52.3 Å². The molecule has 1 aromatic rings. The highest BCUT2D eigenvalue weighted by atomic mass is 16.5. The first kappa shape index (κ1) is 18.7. The van der Waals surface area contributed by atoms with E-state index in [0.29, 0.717) is 23.6 Å². The summed E-state index contributed by atoms with van der Waals surface area (Å²) in [6.07, 6.45) is 2.01. The summed E-state index contributed by atoms with van der Waals surface area (Å²) in [5.74, 6) is -0.577. The summed E-state index contributed by atoms with van der Waals surface area (Å²) in [5.41, 5.74) is 2.32. The molecule has 0 aromatic heterocycles. The summed E-state index contributed by atoms with van der Waals surface area (Å²) in [6, 6.07) is 5.49. The maximum absolute atomic E-state index is 13.3. The number of amides is 1. The van der Waals surface area contributed by atoms with Crippen molar-refractivity contribution in [3.05, 3.63) is 34.9 Å². The van der Waals surface area contributed by atoms with E-state index in [4.69, 9.17) is 9.47 Å². The molecular weight excluding hydrogens is 344 g/mol. The van der Waals surface area contributed by atoms with E-state index in [9.17, 15) is 14.9 Å². The van der Waals surface area contributed by atoms with Gasteiger partial charge in [0.25, 0.3) is 5.91 Å². The minimum Gasteiger partial charge on any atom is -0.494 e. The van der Waals surface area contributed by atoms with Gasteiger partial charge in [0.2, 0.25) is 0 Å². The van der Waals surface area contributed by atoms with Crippen LogP contribution in [0, 0.1) is 11.3 Å². The Morgan fingerprint density at radius 2 is 1.89 bits per heavy atom. The number of benzene rings is 1. The van der Waals surface area contributed by atoms with Gasteiger partial charge in [-0.1, -0.05) is 6.08 Å². The SMILES string of the molecule is CCOC(=O)/C(C#N)=C1/C(=O)N2c3c(cc(OCC)cc31)C(C)=CC2(C)C. The van der Waals surface area contributed by atoms with Crippen molar-refractivity contribution in [2.75, 3.05) is 18.1 Å². The van der Waals surface area contributed by atoms with Crippen molar-refractivity contribution in [2.45, 2.75) is 40.2 Å².